The Morgan fingerprint density at radius 2 is 1.91 bits per heavy atom. The van der Waals surface area contributed by atoms with Crippen LogP contribution in [-0.4, -0.2) is 22.8 Å². The van der Waals surface area contributed by atoms with Crippen LogP contribution in [0.3, 0.4) is 0 Å². The Hall–Kier alpha value is -2.75. The van der Waals surface area contributed by atoms with Crippen LogP contribution in [0.5, 0.6) is 11.5 Å². The van der Waals surface area contributed by atoms with Crippen LogP contribution in [0.1, 0.15) is 25.0 Å². The average Bonchev–Trinajstić information content (AvgIpc) is 2.51. The van der Waals surface area contributed by atoms with Gasteiger partial charge in [-0.15, -0.1) is 0 Å². The molecule has 0 aliphatic heterocycles. The molecule has 2 aromatic rings. The quantitative estimate of drug-likeness (QED) is 0.624. The number of ether oxygens (including phenoxy) is 1. The minimum absolute atomic E-state index is 0.0268. The molecule has 0 fully saturated rings. The van der Waals surface area contributed by atoms with Crippen molar-refractivity contribution >= 4 is 17.6 Å². The molecule has 0 saturated carbocycles. The van der Waals surface area contributed by atoms with Crippen molar-refractivity contribution in [3.63, 3.8) is 0 Å². The number of carboxylic acids is 1. The third-order valence-corrected chi connectivity index (χ3v) is 3.18. The molecule has 0 aliphatic rings. The zero-order chi connectivity index (χ0) is 16.8. The van der Waals surface area contributed by atoms with Crippen molar-refractivity contribution in [3.8, 4) is 11.5 Å². The number of aliphatic carboxylic acids is 1. The van der Waals surface area contributed by atoms with E-state index >= 15 is 0 Å². The van der Waals surface area contributed by atoms with Crippen molar-refractivity contribution in [2.75, 3.05) is 6.61 Å². The number of phenols is 1. The molecule has 120 valence electrons. The predicted molar refractivity (Wildman–Crippen MR) is 90.4 cm³/mol. The van der Waals surface area contributed by atoms with Gasteiger partial charge in [-0.3, -0.25) is 0 Å². The topological polar surface area (TPSA) is 66.8 Å². The molecule has 4 heteroatoms. The van der Waals surface area contributed by atoms with Crippen molar-refractivity contribution in [1.82, 2.24) is 0 Å². The van der Waals surface area contributed by atoms with Gasteiger partial charge in [0.25, 0.3) is 0 Å². The number of phenolic OH excluding ortho intramolecular Hbond substituents is 1. The van der Waals surface area contributed by atoms with Gasteiger partial charge in [-0.2, -0.15) is 0 Å². The van der Waals surface area contributed by atoms with E-state index in [1.165, 1.54) is 12.1 Å². The molecular weight excluding hydrogens is 292 g/mol. The number of para-hydroxylation sites is 1. The summed E-state index contributed by atoms with van der Waals surface area (Å²) in [5.74, 6) is -0.0228. The number of aromatic hydroxyl groups is 1. The molecule has 0 bridgehead atoms. The van der Waals surface area contributed by atoms with E-state index in [1.54, 1.807) is 24.3 Å². The second-order valence-electron chi connectivity index (χ2n) is 5.66. The van der Waals surface area contributed by atoms with Crippen LogP contribution in [0.4, 0.5) is 0 Å². The third kappa shape index (κ3) is 4.61. The summed E-state index contributed by atoms with van der Waals surface area (Å²) in [6, 6.07) is 13.5. The summed E-state index contributed by atoms with van der Waals surface area (Å²) in [6.07, 6.45) is 1.56. The van der Waals surface area contributed by atoms with E-state index in [-0.39, 0.29) is 11.3 Å². The maximum Gasteiger partial charge on any atom is 0.336 e. The van der Waals surface area contributed by atoms with E-state index in [4.69, 9.17) is 4.74 Å². The van der Waals surface area contributed by atoms with Gasteiger partial charge in [0.2, 0.25) is 0 Å². The smallest absolute Gasteiger partial charge is 0.336 e. The SMILES string of the molecule is CC(C)COc1ccccc1/C=C(\C(=O)O)c1cccc(O)c1. The van der Waals surface area contributed by atoms with Gasteiger partial charge in [-0.25, -0.2) is 4.79 Å². The lowest BCUT2D eigenvalue weighted by Crippen LogP contribution is -2.05. The normalized spacial score (nSPS) is 11.5. The number of rotatable bonds is 6. The zero-order valence-electron chi connectivity index (χ0n) is 13.2. The lowest BCUT2D eigenvalue weighted by Gasteiger charge is -2.12. The maximum absolute atomic E-state index is 11.6. The fraction of sp³-hybridized carbons (Fsp3) is 0.211. The molecule has 4 nitrogen and oxygen atoms in total. The number of hydrogen-bond donors (Lipinski definition) is 2. The summed E-state index contributed by atoms with van der Waals surface area (Å²) < 4.78 is 5.75. The van der Waals surface area contributed by atoms with Gasteiger partial charge in [0.05, 0.1) is 12.2 Å². The van der Waals surface area contributed by atoms with Crippen LogP contribution in [0.15, 0.2) is 48.5 Å². The van der Waals surface area contributed by atoms with Crippen molar-refractivity contribution in [2.24, 2.45) is 5.92 Å². The molecule has 0 unspecified atom stereocenters. The summed E-state index contributed by atoms with van der Waals surface area (Å²) >= 11 is 0. The summed E-state index contributed by atoms with van der Waals surface area (Å²) in [4.78, 5) is 11.6. The Labute approximate surface area is 135 Å². The summed E-state index contributed by atoms with van der Waals surface area (Å²) in [5, 5.41) is 19.1. The molecule has 0 amide bonds. The predicted octanol–water partition coefficient (Wildman–Crippen LogP) is 4.05. The van der Waals surface area contributed by atoms with E-state index in [9.17, 15) is 15.0 Å². The van der Waals surface area contributed by atoms with Gasteiger partial charge in [0, 0.05) is 5.56 Å². The van der Waals surface area contributed by atoms with E-state index in [0.717, 1.165) is 0 Å². The molecule has 0 radical (unpaired) electrons. The molecule has 0 aliphatic carbocycles. The minimum atomic E-state index is -1.06. The van der Waals surface area contributed by atoms with Crippen molar-refractivity contribution in [1.29, 1.82) is 0 Å². The van der Waals surface area contributed by atoms with Gasteiger partial charge < -0.3 is 14.9 Å². The van der Waals surface area contributed by atoms with Crippen LogP contribution in [-0.2, 0) is 4.79 Å². The summed E-state index contributed by atoms with van der Waals surface area (Å²) in [5.41, 5.74) is 1.23. The number of carboxylic acid groups (broad SMARTS) is 1. The Bertz CT molecular complexity index is 717. The molecule has 0 heterocycles. The first kappa shape index (κ1) is 16.6. The second-order valence-corrected chi connectivity index (χ2v) is 5.66. The highest BCUT2D eigenvalue weighted by molar-refractivity contribution is 6.20. The third-order valence-electron chi connectivity index (χ3n) is 3.18. The second kappa shape index (κ2) is 7.49. The van der Waals surface area contributed by atoms with Crippen LogP contribution < -0.4 is 4.74 Å². The number of hydrogen-bond acceptors (Lipinski definition) is 3. The first-order valence-electron chi connectivity index (χ1n) is 7.43. The molecule has 2 N–H and O–H groups in total. The van der Waals surface area contributed by atoms with E-state index in [2.05, 4.69) is 0 Å². The van der Waals surface area contributed by atoms with Gasteiger partial charge in [-0.1, -0.05) is 44.2 Å². The van der Waals surface area contributed by atoms with Gasteiger partial charge in [-0.05, 0) is 35.8 Å². The average molecular weight is 312 g/mol. The molecule has 0 aromatic heterocycles. The fourth-order valence-electron chi connectivity index (χ4n) is 2.09. The molecule has 23 heavy (non-hydrogen) atoms. The summed E-state index contributed by atoms with van der Waals surface area (Å²) in [7, 11) is 0. The number of benzene rings is 2. The first-order valence-corrected chi connectivity index (χ1v) is 7.43. The molecule has 2 rings (SSSR count). The van der Waals surface area contributed by atoms with Gasteiger partial charge in [0.1, 0.15) is 11.5 Å². The van der Waals surface area contributed by atoms with Crippen molar-refractivity contribution < 1.29 is 19.7 Å². The fourth-order valence-corrected chi connectivity index (χ4v) is 2.09. The monoisotopic (exact) mass is 312 g/mol. The molecular formula is C19H20O4. The Morgan fingerprint density at radius 3 is 2.57 bits per heavy atom. The molecule has 0 atom stereocenters. The molecule has 0 saturated heterocycles. The summed E-state index contributed by atoms with van der Waals surface area (Å²) in [6.45, 7) is 4.65. The number of carbonyl (C=O) groups is 1. The highest BCUT2D eigenvalue weighted by Crippen LogP contribution is 2.27. The van der Waals surface area contributed by atoms with Crippen LogP contribution >= 0.6 is 0 Å². The standard InChI is InChI=1S/C19H20O4/c1-13(2)12-23-18-9-4-3-6-15(18)11-17(19(21)22)14-7-5-8-16(20)10-14/h3-11,13,20H,12H2,1-2H3,(H,21,22)/b17-11-. The molecule has 0 spiro atoms. The van der Waals surface area contributed by atoms with Crippen LogP contribution in [0, 0.1) is 5.92 Å². The van der Waals surface area contributed by atoms with Crippen molar-refractivity contribution in [2.45, 2.75) is 13.8 Å². The molecule has 2 aromatic carbocycles. The first-order chi connectivity index (χ1) is 11.0. The Kier molecular flexibility index (Phi) is 5.41. The van der Waals surface area contributed by atoms with Crippen molar-refractivity contribution in [3.05, 3.63) is 59.7 Å². The van der Waals surface area contributed by atoms with E-state index < -0.39 is 5.97 Å². The minimum Gasteiger partial charge on any atom is -0.508 e. The van der Waals surface area contributed by atoms with E-state index in [0.29, 0.717) is 29.4 Å². The van der Waals surface area contributed by atoms with Crippen LogP contribution in [0.25, 0.3) is 11.6 Å². The van der Waals surface area contributed by atoms with E-state index in [1.807, 2.05) is 32.0 Å². The Morgan fingerprint density at radius 1 is 1.17 bits per heavy atom. The van der Waals surface area contributed by atoms with Crippen LogP contribution in [0.2, 0.25) is 0 Å². The van der Waals surface area contributed by atoms with Gasteiger partial charge in [0.15, 0.2) is 0 Å². The maximum atomic E-state index is 11.6. The largest absolute Gasteiger partial charge is 0.508 e. The Balaban J connectivity index is 2.42. The van der Waals surface area contributed by atoms with Gasteiger partial charge >= 0.3 is 5.97 Å². The lowest BCUT2D eigenvalue weighted by atomic mass is 10.0. The lowest BCUT2D eigenvalue weighted by molar-refractivity contribution is -0.130. The zero-order valence-corrected chi connectivity index (χ0v) is 13.2. The highest BCUT2D eigenvalue weighted by Gasteiger charge is 2.13. The highest BCUT2D eigenvalue weighted by atomic mass is 16.5.